The topological polar surface area (TPSA) is 65.4 Å². The molecule has 0 aliphatic heterocycles. The lowest BCUT2D eigenvalue weighted by molar-refractivity contribution is -0.123. The van der Waals surface area contributed by atoms with Crippen LogP contribution in [0.2, 0.25) is 0 Å². The SMILES string of the molecule is Cc1ccc(C)c(OCC(=O)NCCc2nc3ccccc3n2CCCCOc2ccc(C)c(C)c2)c1. The fourth-order valence-electron chi connectivity index (χ4n) is 4.30. The van der Waals surface area contributed by atoms with Crippen molar-refractivity contribution < 1.29 is 14.3 Å². The normalized spacial score (nSPS) is 11.0. The smallest absolute Gasteiger partial charge is 0.257 e. The molecule has 0 saturated heterocycles. The number of imidazole rings is 1. The summed E-state index contributed by atoms with van der Waals surface area (Å²) in [6.45, 7) is 10.3. The van der Waals surface area contributed by atoms with E-state index in [1.165, 1.54) is 11.1 Å². The minimum atomic E-state index is -0.132. The molecule has 1 N–H and O–H groups in total. The van der Waals surface area contributed by atoms with Gasteiger partial charge in [-0.25, -0.2) is 4.98 Å². The first kappa shape index (κ1) is 26.3. The van der Waals surface area contributed by atoms with Crippen molar-refractivity contribution in [1.29, 1.82) is 0 Å². The number of benzene rings is 3. The quantitative estimate of drug-likeness (QED) is 0.248. The number of para-hydroxylation sites is 2. The lowest BCUT2D eigenvalue weighted by Crippen LogP contribution is -2.31. The first-order valence-electron chi connectivity index (χ1n) is 13.0. The Hall–Kier alpha value is -3.80. The Labute approximate surface area is 219 Å². The van der Waals surface area contributed by atoms with Gasteiger partial charge in [-0.2, -0.15) is 0 Å². The van der Waals surface area contributed by atoms with Crippen LogP contribution in [0.3, 0.4) is 0 Å². The van der Waals surface area contributed by atoms with Crippen molar-refractivity contribution in [2.45, 2.75) is 53.5 Å². The average molecular weight is 500 g/mol. The summed E-state index contributed by atoms with van der Waals surface area (Å²) in [5.41, 5.74) is 6.75. The van der Waals surface area contributed by atoms with E-state index in [-0.39, 0.29) is 12.5 Å². The number of aryl methyl sites for hydroxylation is 5. The molecule has 1 amide bonds. The highest BCUT2D eigenvalue weighted by atomic mass is 16.5. The fraction of sp³-hybridized carbons (Fsp3) is 0.355. The highest BCUT2D eigenvalue weighted by Gasteiger charge is 2.11. The second-order valence-electron chi connectivity index (χ2n) is 9.63. The van der Waals surface area contributed by atoms with Crippen LogP contribution < -0.4 is 14.8 Å². The van der Waals surface area contributed by atoms with Crippen LogP contribution in [0.5, 0.6) is 11.5 Å². The third kappa shape index (κ3) is 7.13. The van der Waals surface area contributed by atoms with Crippen molar-refractivity contribution in [2.75, 3.05) is 19.8 Å². The molecule has 0 radical (unpaired) electrons. The zero-order valence-corrected chi connectivity index (χ0v) is 22.3. The average Bonchev–Trinajstić information content (AvgIpc) is 3.23. The van der Waals surface area contributed by atoms with Gasteiger partial charge in [-0.15, -0.1) is 0 Å². The summed E-state index contributed by atoms with van der Waals surface area (Å²) >= 11 is 0. The number of carbonyl (C=O) groups excluding carboxylic acids is 1. The molecule has 0 atom stereocenters. The molecule has 0 saturated carbocycles. The van der Waals surface area contributed by atoms with Crippen molar-refractivity contribution >= 4 is 16.9 Å². The van der Waals surface area contributed by atoms with Crippen LogP contribution in [0.1, 0.15) is 40.9 Å². The van der Waals surface area contributed by atoms with E-state index in [1.807, 2.05) is 56.3 Å². The van der Waals surface area contributed by atoms with Crippen LogP contribution in [0, 0.1) is 27.7 Å². The maximum Gasteiger partial charge on any atom is 0.257 e. The van der Waals surface area contributed by atoms with E-state index in [2.05, 4.69) is 41.9 Å². The van der Waals surface area contributed by atoms with Crippen molar-refractivity contribution in [3.63, 3.8) is 0 Å². The number of aromatic nitrogens is 2. The molecule has 0 fully saturated rings. The molecule has 0 unspecified atom stereocenters. The summed E-state index contributed by atoms with van der Waals surface area (Å²) in [6, 6.07) is 20.4. The van der Waals surface area contributed by atoms with Crippen molar-refractivity contribution in [3.05, 3.63) is 88.7 Å². The molecule has 0 aliphatic rings. The molecule has 4 aromatic rings. The number of carbonyl (C=O) groups is 1. The van der Waals surface area contributed by atoms with Crippen molar-refractivity contribution in [1.82, 2.24) is 14.9 Å². The summed E-state index contributed by atoms with van der Waals surface area (Å²) in [7, 11) is 0. The second kappa shape index (κ2) is 12.4. The molecular weight excluding hydrogens is 462 g/mol. The van der Waals surface area contributed by atoms with Crippen LogP contribution in [0.25, 0.3) is 11.0 Å². The fourth-order valence-corrected chi connectivity index (χ4v) is 4.30. The molecule has 0 spiro atoms. The number of rotatable bonds is 12. The lowest BCUT2D eigenvalue weighted by Gasteiger charge is -2.12. The van der Waals surface area contributed by atoms with Gasteiger partial charge < -0.3 is 19.4 Å². The highest BCUT2D eigenvalue weighted by Crippen LogP contribution is 2.20. The molecule has 6 heteroatoms. The monoisotopic (exact) mass is 499 g/mol. The minimum Gasteiger partial charge on any atom is -0.494 e. The molecule has 37 heavy (non-hydrogen) atoms. The Morgan fingerprint density at radius 2 is 1.70 bits per heavy atom. The highest BCUT2D eigenvalue weighted by molar-refractivity contribution is 5.78. The summed E-state index contributed by atoms with van der Waals surface area (Å²) in [5, 5.41) is 2.97. The van der Waals surface area contributed by atoms with E-state index in [9.17, 15) is 4.79 Å². The Bertz CT molecular complexity index is 1360. The Morgan fingerprint density at radius 1 is 0.892 bits per heavy atom. The largest absolute Gasteiger partial charge is 0.494 e. The van der Waals surface area contributed by atoms with Gasteiger partial charge >= 0.3 is 0 Å². The zero-order chi connectivity index (χ0) is 26.2. The molecule has 194 valence electrons. The van der Waals surface area contributed by atoms with Gasteiger partial charge in [0.05, 0.1) is 17.6 Å². The number of unbranched alkanes of at least 4 members (excludes halogenated alkanes) is 1. The molecular formula is C31H37N3O3. The van der Waals surface area contributed by atoms with Gasteiger partial charge in [0, 0.05) is 19.5 Å². The van der Waals surface area contributed by atoms with Crippen LogP contribution in [-0.4, -0.2) is 35.2 Å². The van der Waals surface area contributed by atoms with E-state index in [1.54, 1.807) is 0 Å². The van der Waals surface area contributed by atoms with Gasteiger partial charge in [0.25, 0.3) is 5.91 Å². The number of hydrogen-bond acceptors (Lipinski definition) is 4. The number of amides is 1. The van der Waals surface area contributed by atoms with E-state index in [0.717, 1.165) is 58.9 Å². The third-order valence-electron chi connectivity index (χ3n) is 6.63. The zero-order valence-electron chi connectivity index (χ0n) is 22.3. The summed E-state index contributed by atoms with van der Waals surface area (Å²) in [5.74, 6) is 2.52. The minimum absolute atomic E-state index is 0.00121. The van der Waals surface area contributed by atoms with Gasteiger partial charge in [0.2, 0.25) is 0 Å². The molecule has 1 heterocycles. The van der Waals surface area contributed by atoms with E-state index >= 15 is 0 Å². The predicted octanol–water partition coefficient (Wildman–Crippen LogP) is 5.87. The van der Waals surface area contributed by atoms with Gasteiger partial charge in [-0.05, 0) is 93.1 Å². The molecule has 0 aliphatic carbocycles. The van der Waals surface area contributed by atoms with Gasteiger partial charge in [0.1, 0.15) is 17.3 Å². The predicted molar refractivity (Wildman–Crippen MR) is 149 cm³/mol. The number of nitrogens with zero attached hydrogens (tertiary/aromatic N) is 2. The third-order valence-corrected chi connectivity index (χ3v) is 6.63. The first-order chi connectivity index (χ1) is 17.9. The molecule has 1 aromatic heterocycles. The maximum atomic E-state index is 12.4. The van der Waals surface area contributed by atoms with E-state index in [0.29, 0.717) is 19.6 Å². The van der Waals surface area contributed by atoms with E-state index in [4.69, 9.17) is 14.5 Å². The van der Waals surface area contributed by atoms with Crippen LogP contribution in [-0.2, 0) is 17.8 Å². The molecule has 6 nitrogen and oxygen atoms in total. The van der Waals surface area contributed by atoms with Crippen molar-refractivity contribution in [2.24, 2.45) is 0 Å². The summed E-state index contributed by atoms with van der Waals surface area (Å²) in [6.07, 6.45) is 2.59. The molecule has 3 aromatic carbocycles. The number of fused-ring (bicyclic) bond motifs is 1. The van der Waals surface area contributed by atoms with Gasteiger partial charge in [0.15, 0.2) is 6.61 Å². The number of hydrogen-bond donors (Lipinski definition) is 1. The van der Waals surface area contributed by atoms with Gasteiger partial charge in [-0.3, -0.25) is 4.79 Å². The van der Waals surface area contributed by atoms with Crippen molar-refractivity contribution in [3.8, 4) is 11.5 Å². The first-order valence-corrected chi connectivity index (χ1v) is 13.0. The maximum absolute atomic E-state index is 12.4. The Balaban J connectivity index is 1.27. The number of ether oxygens (including phenoxy) is 2. The van der Waals surface area contributed by atoms with Crippen LogP contribution >= 0.6 is 0 Å². The Kier molecular flexibility index (Phi) is 8.83. The number of nitrogens with one attached hydrogen (secondary N) is 1. The van der Waals surface area contributed by atoms with Gasteiger partial charge in [-0.1, -0.05) is 30.3 Å². The van der Waals surface area contributed by atoms with E-state index < -0.39 is 0 Å². The molecule has 4 rings (SSSR count). The standard InChI is InChI=1S/C31H37N3O3/c1-22-11-12-24(3)29(19-22)37-21-31(35)32-16-15-30-33-27-9-5-6-10-28(27)34(30)17-7-8-18-36-26-14-13-23(2)25(4)20-26/h5-6,9-14,19-20H,7-8,15-18,21H2,1-4H3,(H,32,35). The summed E-state index contributed by atoms with van der Waals surface area (Å²) in [4.78, 5) is 17.2. The second-order valence-corrected chi connectivity index (χ2v) is 9.63. The molecule has 0 bridgehead atoms. The lowest BCUT2D eigenvalue weighted by atomic mass is 10.1. The Morgan fingerprint density at radius 3 is 2.54 bits per heavy atom. The van der Waals surface area contributed by atoms with Crippen LogP contribution in [0.15, 0.2) is 60.7 Å². The summed E-state index contributed by atoms with van der Waals surface area (Å²) < 4.78 is 14.0. The van der Waals surface area contributed by atoms with Crippen LogP contribution in [0.4, 0.5) is 0 Å².